The van der Waals surface area contributed by atoms with Crippen LogP contribution in [-0.4, -0.2) is 40.6 Å². The summed E-state index contributed by atoms with van der Waals surface area (Å²) in [7, 11) is 0. The number of hydrogen-bond donors (Lipinski definition) is 5. The first-order valence-electron chi connectivity index (χ1n) is 7.08. The highest BCUT2D eigenvalue weighted by molar-refractivity contribution is 5.88. The number of primary amides is 1. The molecule has 0 bridgehead atoms. The van der Waals surface area contributed by atoms with Crippen molar-refractivity contribution < 1.29 is 19.5 Å². The fourth-order valence-corrected chi connectivity index (χ4v) is 2.29. The molecule has 8 nitrogen and oxygen atoms in total. The fourth-order valence-electron chi connectivity index (χ4n) is 2.29. The zero-order chi connectivity index (χ0) is 16.8. The molecule has 8 heteroatoms. The van der Waals surface area contributed by atoms with Gasteiger partial charge in [0, 0.05) is 36.5 Å². The Balaban J connectivity index is 2.00. The molecule has 2 rings (SSSR count). The second kappa shape index (κ2) is 7.30. The van der Waals surface area contributed by atoms with E-state index in [1.165, 1.54) is 0 Å². The Labute approximate surface area is 132 Å². The molecule has 0 spiro atoms. The normalized spacial score (nSPS) is 11.8. The molecular weight excluding hydrogens is 300 g/mol. The molecule has 0 saturated heterocycles. The molecule has 0 unspecified atom stereocenters. The van der Waals surface area contributed by atoms with E-state index in [1.807, 2.05) is 24.3 Å². The second-order valence-electron chi connectivity index (χ2n) is 5.07. The van der Waals surface area contributed by atoms with E-state index in [-0.39, 0.29) is 19.4 Å². The lowest BCUT2D eigenvalue weighted by atomic mass is 10.0. The van der Waals surface area contributed by atoms with Crippen LogP contribution in [0.4, 0.5) is 4.79 Å². The monoisotopic (exact) mass is 318 g/mol. The Kier molecular flexibility index (Phi) is 5.19. The number of para-hydroxylation sites is 1. The predicted molar refractivity (Wildman–Crippen MR) is 83.8 cm³/mol. The summed E-state index contributed by atoms with van der Waals surface area (Å²) < 4.78 is 0. The highest BCUT2D eigenvalue weighted by atomic mass is 16.4. The first kappa shape index (κ1) is 16.3. The number of nitrogens with one attached hydrogen (secondary N) is 3. The minimum atomic E-state index is -1.21. The van der Waals surface area contributed by atoms with Gasteiger partial charge in [0.1, 0.15) is 6.04 Å². The highest BCUT2D eigenvalue weighted by Gasteiger charge is 2.20. The zero-order valence-electron chi connectivity index (χ0n) is 12.3. The number of amides is 3. The lowest BCUT2D eigenvalue weighted by Gasteiger charge is -2.15. The smallest absolute Gasteiger partial charge is 0.404 e. The van der Waals surface area contributed by atoms with Gasteiger partial charge in [0.15, 0.2) is 0 Å². The number of carbonyl (C=O) groups excluding carboxylic acids is 2. The summed E-state index contributed by atoms with van der Waals surface area (Å²) in [5.74, 6) is -1.09. The van der Waals surface area contributed by atoms with Crippen LogP contribution >= 0.6 is 0 Å². The lowest BCUT2D eigenvalue weighted by molar-refractivity contribution is -0.127. The van der Waals surface area contributed by atoms with E-state index in [1.54, 1.807) is 6.20 Å². The maximum absolute atomic E-state index is 11.8. The summed E-state index contributed by atoms with van der Waals surface area (Å²) in [6.45, 7) is -0.0280. The van der Waals surface area contributed by atoms with E-state index in [2.05, 4.69) is 15.6 Å². The molecule has 1 aromatic carbocycles. The van der Waals surface area contributed by atoms with Gasteiger partial charge in [0.2, 0.25) is 11.8 Å². The number of carbonyl (C=O) groups is 3. The van der Waals surface area contributed by atoms with Gasteiger partial charge < -0.3 is 26.5 Å². The van der Waals surface area contributed by atoms with Crippen molar-refractivity contribution in [1.29, 1.82) is 0 Å². The Hall–Kier alpha value is -3.03. The molecule has 1 heterocycles. The molecule has 3 amide bonds. The molecule has 0 fully saturated rings. The Morgan fingerprint density at radius 1 is 1.26 bits per heavy atom. The van der Waals surface area contributed by atoms with Gasteiger partial charge in [-0.2, -0.15) is 0 Å². The van der Waals surface area contributed by atoms with Gasteiger partial charge in [-0.05, 0) is 11.6 Å². The SMILES string of the molecule is NC(=O)[C@H](Cc1c[nH]c2ccccc12)NC(=O)CCNC(=O)O. The van der Waals surface area contributed by atoms with Crippen molar-refractivity contribution in [2.45, 2.75) is 18.9 Å². The third-order valence-corrected chi connectivity index (χ3v) is 3.41. The number of aromatic amines is 1. The predicted octanol–water partition coefficient (Wildman–Crippen LogP) is 0.338. The van der Waals surface area contributed by atoms with Gasteiger partial charge >= 0.3 is 6.09 Å². The van der Waals surface area contributed by atoms with Crippen LogP contribution in [0.1, 0.15) is 12.0 Å². The van der Waals surface area contributed by atoms with E-state index >= 15 is 0 Å². The molecule has 0 radical (unpaired) electrons. The van der Waals surface area contributed by atoms with Crippen molar-refractivity contribution in [3.63, 3.8) is 0 Å². The highest BCUT2D eigenvalue weighted by Crippen LogP contribution is 2.19. The van der Waals surface area contributed by atoms with Crippen molar-refractivity contribution in [3.05, 3.63) is 36.0 Å². The van der Waals surface area contributed by atoms with Crippen LogP contribution in [0, 0.1) is 0 Å². The number of nitrogens with two attached hydrogens (primary N) is 1. The summed E-state index contributed by atoms with van der Waals surface area (Å²) >= 11 is 0. The Morgan fingerprint density at radius 2 is 2.00 bits per heavy atom. The minimum absolute atomic E-state index is 0.0280. The van der Waals surface area contributed by atoms with E-state index in [4.69, 9.17) is 10.8 Å². The first-order valence-corrected chi connectivity index (χ1v) is 7.08. The Morgan fingerprint density at radius 3 is 2.70 bits per heavy atom. The number of benzene rings is 1. The second-order valence-corrected chi connectivity index (χ2v) is 5.07. The molecular formula is C15H18N4O4. The summed E-state index contributed by atoms with van der Waals surface area (Å²) in [6, 6.07) is 6.75. The van der Waals surface area contributed by atoms with Gasteiger partial charge in [-0.15, -0.1) is 0 Å². The number of hydrogen-bond acceptors (Lipinski definition) is 3. The maximum atomic E-state index is 11.8. The largest absolute Gasteiger partial charge is 0.465 e. The molecule has 23 heavy (non-hydrogen) atoms. The van der Waals surface area contributed by atoms with Crippen molar-refractivity contribution in [2.24, 2.45) is 5.73 Å². The number of fused-ring (bicyclic) bond motifs is 1. The van der Waals surface area contributed by atoms with E-state index in [0.29, 0.717) is 0 Å². The van der Waals surface area contributed by atoms with Crippen molar-refractivity contribution in [2.75, 3.05) is 6.54 Å². The minimum Gasteiger partial charge on any atom is -0.465 e. The third kappa shape index (κ3) is 4.47. The average molecular weight is 318 g/mol. The molecule has 0 aliphatic heterocycles. The van der Waals surface area contributed by atoms with Gasteiger partial charge in [-0.3, -0.25) is 9.59 Å². The Bertz CT molecular complexity index is 725. The zero-order valence-corrected chi connectivity index (χ0v) is 12.3. The van der Waals surface area contributed by atoms with Crippen LogP contribution in [0.2, 0.25) is 0 Å². The topological polar surface area (TPSA) is 137 Å². The number of carboxylic acid groups (broad SMARTS) is 1. The lowest BCUT2D eigenvalue weighted by Crippen LogP contribution is -2.46. The number of rotatable bonds is 7. The van der Waals surface area contributed by atoms with Crippen LogP contribution in [0.3, 0.4) is 0 Å². The molecule has 122 valence electrons. The first-order chi connectivity index (χ1) is 11.0. The van der Waals surface area contributed by atoms with Crippen molar-refractivity contribution in [3.8, 4) is 0 Å². The summed E-state index contributed by atoms with van der Waals surface area (Å²) in [4.78, 5) is 36.8. The van der Waals surface area contributed by atoms with Crippen molar-refractivity contribution in [1.82, 2.24) is 15.6 Å². The van der Waals surface area contributed by atoms with Gasteiger partial charge in [0.05, 0.1) is 0 Å². The van der Waals surface area contributed by atoms with Crippen LogP contribution in [0.5, 0.6) is 0 Å². The fraction of sp³-hybridized carbons (Fsp3) is 0.267. The molecule has 6 N–H and O–H groups in total. The molecule has 1 aromatic heterocycles. The molecule has 1 atom stereocenters. The number of aromatic nitrogens is 1. The summed E-state index contributed by atoms with van der Waals surface area (Å²) in [5, 5.41) is 14.0. The van der Waals surface area contributed by atoms with Crippen LogP contribution in [-0.2, 0) is 16.0 Å². The molecule has 2 aromatic rings. The van der Waals surface area contributed by atoms with E-state index in [9.17, 15) is 14.4 Å². The standard InChI is InChI=1S/C15H18N4O4/c16-14(21)12(19-13(20)5-6-17-15(22)23)7-9-8-18-11-4-2-1-3-10(9)11/h1-4,8,12,17-18H,5-7H2,(H2,16,21)(H,19,20)(H,22,23)/t12-/m0/s1. The van der Waals surface area contributed by atoms with Gasteiger partial charge in [-0.1, -0.05) is 18.2 Å². The third-order valence-electron chi connectivity index (χ3n) is 3.41. The van der Waals surface area contributed by atoms with Crippen LogP contribution in [0.25, 0.3) is 10.9 Å². The van der Waals surface area contributed by atoms with Crippen molar-refractivity contribution >= 4 is 28.8 Å². The van der Waals surface area contributed by atoms with E-state index in [0.717, 1.165) is 16.5 Å². The van der Waals surface area contributed by atoms with E-state index < -0.39 is 23.9 Å². The maximum Gasteiger partial charge on any atom is 0.404 e. The average Bonchev–Trinajstić information content (AvgIpc) is 2.89. The molecule has 0 aliphatic rings. The van der Waals surface area contributed by atoms with Gasteiger partial charge in [0.25, 0.3) is 0 Å². The molecule has 0 aliphatic carbocycles. The number of H-pyrrole nitrogens is 1. The van der Waals surface area contributed by atoms with Gasteiger partial charge in [-0.25, -0.2) is 4.79 Å². The van der Waals surface area contributed by atoms with Crippen LogP contribution in [0.15, 0.2) is 30.5 Å². The summed E-state index contributed by atoms with van der Waals surface area (Å²) in [6.07, 6.45) is 0.767. The summed E-state index contributed by atoms with van der Waals surface area (Å²) in [5.41, 5.74) is 7.15. The quantitative estimate of drug-likeness (QED) is 0.502. The molecule has 0 saturated carbocycles. The van der Waals surface area contributed by atoms with Crippen LogP contribution < -0.4 is 16.4 Å².